The van der Waals surface area contributed by atoms with Gasteiger partial charge in [0.1, 0.15) is 0 Å². The van der Waals surface area contributed by atoms with Crippen LogP contribution in [0.15, 0.2) is 28.7 Å². The molecular formula is C14H17BrN2O3. The van der Waals surface area contributed by atoms with Crippen molar-refractivity contribution in [2.75, 3.05) is 13.1 Å². The molecule has 1 saturated heterocycles. The third kappa shape index (κ3) is 3.30. The fraction of sp³-hybridized carbons (Fsp3) is 0.429. The summed E-state index contributed by atoms with van der Waals surface area (Å²) in [6.07, 6.45) is 0.520. The van der Waals surface area contributed by atoms with E-state index >= 15 is 0 Å². The van der Waals surface area contributed by atoms with E-state index in [1.54, 1.807) is 4.90 Å². The van der Waals surface area contributed by atoms with Crippen LogP contribution in [0.4, 0.5) is 4.79 Å². The van der Waals surface area contributed by atoms with Crippen LogP contribution in [-0.2, 0) is 4.79 Å². The van der Waals surface area contributed by atoms with Crippen molar-refractivity contribution in [1.29, 1.82) is 0 Å². The molecule has 2 N–H and O–H groups in total. The number of carbonyl (C=O) groups excluding carboxylic acids is 1. The van der Waals surface area contributed by atoms with Gasteiger partial charge in [0, 0.05) is 17.6 Å². The number of carbonyl (C=O) groups is 2. The van der Waals surface area contributed by atoms with Gasteiger partial charge in [-0.15, -0.1) is 0 Å². The van der Waals surface area contributed by atoms with Gasteiger partial charge in [0.05, 0.1) is 12.0 Å². The van der Waals surface area contributed by atoms with Gasteiger partial charge < -0.3 is 15.3 Å². The van der Waals surface area contributed by atoms with E-state index in [4.69, 9.17) is 5.11 Å². The molecule has 2 rings (SSSR count). The van der Waals surface area contributed by atoms with Crippen molar-refractivity contribution < 1.29 is 14.7 Å². The van der Waals surface area contributed by atoms with Gasteiger partial charge in [-0.1, -0.05) is 34.1 Å². The fourth-order valence-corrected chi connectivity index (χ4v) is 2.95. The summed E-state index contributed by atoms with van der Waals surface area (Å²) in [6.45, 7) is 2.68. The first-order chi connectivity index (χ1) is 9.49. The second-order valence-corrected chi connectivity index (χ2v) is 5.82. The molecule has 2 unspecified atom stereocenters. The van der Waals surface area contributed by atoms with E-state index in [1.165, 1.54) is 0 Å². The highest BCUT2D eigenvalue weighted by Crippen LogP contribution is 2.23. The molecule has 2 atom stereocenters. The number of hydrogen-bond acceptors (Lipinski definition) is 2. The van der Waals surface area contributed by atoms with Gasteiger partial charge in [-0.05, 0) is 25.0 Å². The van der Waals surface area contributed by atoms with Crippen LogP contribution in [0, 0.1) is 5.92 Å². The maximum Gasteiger partial charge on any atom is 0.317 e. The predicted molar refractivity (Wildman–Crippen MR) is 78.4 cm³/mol. The number of carboxylic acid groups (broad SMARTS) is 1. The molecule has 1 aliphatic rings. The number of urea groups is 1. The number of hydrogen-bond donors (Lipinski definition) is 2. The minimum atomic E-state index is -0.834. The summed E-state index contributed by atoms with van der Waals surface area (Å²) < 4.78 is 0.942. The molecule has 20 heavy (non-hydrogen) atoms. The zero-order valence-electron chi connectivity index (χ0n) is 11.2. The number of benzene rings is 1. The lowest BCUT2D eigenvalue weighted by Crippen LogP contribution is -2.40. The third-order valence-electron chi connectivity index (χ3n) is 3.54. The van der Waals surface area contributed by atoms with Crippen LogP contribution in [-0.4, -0.2) is 35.1 Å². The number of halogens is 1. The summed E-state index contributed by atoms with van der Waals surface area (Å²) in [5, 5.41) is 11.8. The molecule has 2 amide bonds. The zero-order chi connectivity index (χ0) is 14.7. The number of likely N-dealkylation sites (tertiary alicyclic amines) is 1. The lowest BCUT2D eigenvalue weighted by atomic mass is 10.1. The number of nitrogens with zero attached hydrogens (tertiary/aromatic N) is 1. The summed E-state index contributed by atoms with van der Waals surface area (Å²) in [7, 11) is 0. The van der Waals surface area contributed by atoms with Crippen LogP contribution >= 0.6 is 15.9 Å². The number of rotatable bonds is 3. The monoisotopic (exact) mass is 340 g/mol. The van der Waals surface area contributed by atoms with Crippen molar-refractivity contribution >= 4 is 27.9 Å². The van der Waals surface area contributed by atoms with E-state index in [1.807, 2.05) is 31.2 Å². The van der Waals surface area contributed by atoms with E-state index < -0.39 is 11.9 Å². The van der Waals surface area contributed by atoms with Crippen LogP contribution in [0.3, 0.4) is 0 Å². The maximum absolute atomic E-state index is 12.1. The van der Waals surface area contributed by atoms with E-state index in [-0.39, 0.29) is 18.6 Å². The Morgan fingerprint density at radius 3 is 2.75 bits per heavy atom. The van der Waals surface area contributed by atoms with Crippen LogP contribution in [0.25, 0.3) is 0 Å². The topological polar surface area (TPSA) is 69.6 Å². The lowest BCUT2D eigenvalue weighted by molar-refractivity contribution is -0.141. The number of nitrogens with one attached hydrogen (secondary N) is 1. The highest BCUT2D eigenvalue weighted by Gasteiger charge is 2.31. The Hall–Kier alpha value is -1.56. The van der Waals surface area contributed by atoms with Crippen LogP contribution in [0.5, 0.6) is 0 Å². The Morgan fingerprint density at radius 1 is 1.45 bits per heavy atom. The van der Waals surface area contributed by atoms with Crippen molar-refractivity contribution in [2.24, 2.45) is 5.92 Å². The molecule has 1 aromatic carbocycles. The highest BCUT2D eigenvalue weighted by atomic mass is 79.9. The molecule has 0 spiro atoms. The average molecular weight is 341 g/mol. The largest absolute Gasteiger partial charge is 0.481 e. The van der Waals surface area contributed by atoms with E-state index in [0.29, 0.717) is 13.0 Å². The Morgan fingerprint density at radius 2 is 2.15 bits per heavy atom. The molecule has 0 aromatic heterocycles. The molecule has 1 heterocycles. The molecule has 5 nitrogen and oxygen atoms in total. The van der Waals surface area contributed by atoms with Gasteiger partial charge in [0.2, 0.25) is 0 Å². The Labute approximate surface area is 126 Å². The fourth-order valence-electron chi connectivity index (χ4n) is 2.33. The second kappa shape index (κ2) is 6.26. The molecule has 0 bridgehead atoms. The van der Waals surface area contributed by atoms with E-state index in [2.05, 4.69) is 21.2 Å². The van der Waals surface area contributed by atoms with Crippen molar-refractivity contribution in [1.82, 2.24) is 10.2 Å². The molecule has 0 aliphatic carbocycles. The Kier molecular flexibility index (Phi) is 4.65. The number of carboxylic acids is 1. The molecule has 108 valence electrons. The smallest absolute Gasteiger partial charge is 0.317 e. The SMILES string of the molecule is CC(NC(=O)N1CCC(C(=O)O)C1)c1ccccc1Br. The minimum absolute atomic E-state index is 0.137. The summed E-state index contributed by atoms with van der Waals surface area (Å²) in [5.74, 6) is -1.28. The number of amides is 2. The van der Waals surface area contributed by atoms with Crippen molar-refractivity contribution in [2.45, 2.75) is 19.4 Å². The summed E-state index contributed by atoms with van der Waals surface area (Å²) >= 11 is 3.46. The summed E-state index contributed by atoms with van der Waals surface area (Å²) in [6, 6.07) is 7.35. The minimum Gasteiger partial charge on any atom is -0.481 e. The van der Waals surface area contributed by atoms with Crippen LogP contribution < -0.4 is 5.32 Å². The van der Waals surface area contributed by atoms with Crippen molar-refractivity contribution in [3.63, 3.8) is 0 Å². The molecular weight excluding hydrogens is 324 g/mol. The average Bonchev–Trinajstić information content (AvgIpc) is 2.88. The molecule has 1 aromatic rings. The van der Waals surface area contributed by atoms with Crippen molar-refractivity contribution in [3.8, 4) is 0 Å². The first-order valence-corrected chi connectivity index (χ1v) is 7.31. The van der Waals surface area contributed by atoms with E-state index in [0.717, 1.165) is 10.0 Å². The van der Waals surface area contributed by atoms with Crippen LogP contribution in [0.2, 0.25) is 0 Å². The van der Waals surface area contributed by atoms with Crippen LogP contribution in [0.1, 0.15) is 24.9 Å². The first-order valence-electron chi connectivity index (χ1n) is 6.51. The van der Waals surface area contributed by atoms with Gasteiger partial charge in [-0.2, -0.15) is 0 Å². The summed E-state index contributed by atoms with van der Waals surface area (Å²) in [5.41, 5.74) is 0.995. The van der Waals surface area contributed by atoms with Gasteiger partial charge >= 0.3 is 12.0 Å². The van der Waals surface area contributed by atoms with Gasteiger partial charge in [-0.3, -0.25) is 4.79 Å². The highest BCUT2D eigenvalue weighted by molar-refractivity contribution is 9.10. The molecule has 6 heteroatoms. The Bertz CT molecular complexity index is 521. The Balaban J connectivity index is 1.95. The quantitative estimate of drug-likeness (QED) is 0.888. The van der Waals surface area contributed by atoms with Gasteiger partial charge in [0.15, 0.2) is 0 Å². The number of aliphatic carboxylic acids is 1. The molecule has 1 aliphatic heterocycles. The van der Waals surface area contributed by atoms with E-state index in [9.17, 15) is 9.59 Å². The molecule has 0 saturated carbocycles. The van der Waals surface area contributed by atoms with Crippen molar-refractivity contribution in [3.05, 3.63) is 34.3 Å². The molecule has 1 fully saturated rings. The third-order valence-corrected chi connectivity index (χ3v) is 4.26. The normalized spacial score (nSPS) is 19.7. The van der Waals surface area contributed by atoms with Gasteiger partial charge in [0.25, 0.3) is 0 Å². The van der Waals surface area contributed by atoms with Gasteiger partial charge in [-0.25, -0.2) is 4.79 Å². The lowest BCUT2D eigenvalue weighted by Gasteiger charge is -2.21. The standard InChI is InChI=1S/C14H17BrN2O3/c1-9(11-4-2-3-5-12(11)15)16-14(20)17-7-6-10(8-17)13(18)19/h2-5,9-10H,6-8H2,1H3,(H,16,20)(H,18,19). The second-order valence-electron chi connectivity index (χ2n) is 4.96. The maximum atomic E-state index is 12.1. The first kappa shape index (κ1) is 14.8. The summed E-state index contributed by atoms with van der Waals surface area (Å²) in [4.78, 5) is 24.6. The zero-order valence-corrected chi connectivity index (χ0v) is 12.8. The predicted octanol–water partition coefficient (Wildman–Crippen LogP) is 2.63. The molecule has 0 radical (unpaired) electrons.